The Hall–Kier alpha value is -2.55. The number of likely N-dealkylation sites (tertiary alicyclic amines) is 1. The molecule has 2 heterocycles. The molecule has 1 aromatic carbocycles. The Morgan fingerprint density at radius 3 is 2.60 bits per heavy atom. The lowest BCUT2D eigenvalue weighted by Gasteiger charge is -2.25. The molecule has 0 bridgehead atoms. The number of piperidine rings is 1. The van der Waals surface area contributed by atoms with Gasteiger partial charge in [0.05, 0.1) is 0 Å². The molecule has 2 aliphatic rings. The quantitative estimate of drug-likeness (QED) is 0.688. The van der Waals surface area contributed by atoms with Crippen LogP contribution >= 0.6 is 0 Å². The lowest BCUT2D eigenvalue weighted by atomic mass is 10.1. The molecule has 1 aliphatic carbocycles. The van der Waals surface area contributed by atoms with Crippen LogP contribution in [0.1, 0.15) is 23.0 Å². The van der Waals surface area contributed by atoms with Gasteiger partial charge in [0, 0.05) is 39.4 Å². The summed E-state index contributed by atoms with van der Waals surface area (Å²) in [4.78, 5) is 17.2. The van der Waals surface area contributed by atoms with Gasteiger partial charge in [-0.1, -0.05) is 19.1 Å². The minimum atomic E-state index is -4.75. The second-order valence-corrected chi connectivity index (χ2v) is 8.10. The van der Waals surface area contributed by atoms with Crippen molar-refractivity contribution in [2.75, 3.05) is 26.2 Å². The summed E-state index contributed by atoms with van der Waals surface area (Å²) in [6, 6.07) is 7.45. The molecule has 0 N–H and O–H groups in total. The summed E-state index contributed by atoms with van der Waals surface area (Å²) in [5.41, 5.74) is 0.920. The van der Waals surface area contributed by atoms with E-state index in [-0.39, 0.29) is 18.2 Å². The fraction of sp³-hybridized carbons (Fsp3) is 0.524. The Bertz CT molecular complexity index is 902. The molecule has 30 heavy (non-hydrogen) atoms. The summed E-state index contributed by atoms with van der Waals surface area (Å²) < 4.78 is 43.3. The Kier molecular flexibility index (Phi) is 5.48. The maximum absolute atomic E-state index is 13.1. The number of hydrogen-bond donors (Lipinski definition) is 0. The van der Waals surface area contributed by atoms with E-state index < -0.39 is 6.36 Å². The number of carbonyl (C=O) groups is 1. The van der Waals surface area contributed by atoms with E-state index in [0.717, 1.165) is 19.6 Å². The molecule has 1 saturated heterocycles. The van der Waals surface area contributed by atoms with E-state index >= 15 is 0 Å². The van der Waals surface area contributed by atoms with E-state index in [2.05, 4.69) is 21.7 Å². The molecule has 2 unspecified atom stereocenters. The molecular formula is C21H25F3N4O2. The molecule has 0 radical (unpaired) electrons. The van der Waals surface area contributed by atoms with E-state index in [4.69, 9.17) is 0 Å². The highest BCUT2D eigenvalue weighted by Crippen LogP contribution is 2.52. The van der Waals surface area contributed by atoms with E-state index in [1.54, 1.807) is 35.0 Å². The molecule has 2 fully saturated rings. The van der Waals surface area contributed by atoms with Gasteiger partial charge in [-0.05, 0) is 48.1 Å². The van der Waals surface area contributed by atoms with Crippen LogP contribution in [0.3, 0.4) is 0 Å². The van der Waals surface area contributed by atoms with Gasteiger partial charge in [0.2, 0.25) is 0 Å². The van der Waals surface area contributed by atoms with Crippen molar-refractivity contribution in [1.29, 1.82) is 0 Å². The Morgan fingerprint density at radius 2 is 2.00 bits per heavy atom. The second-order valence-electron chi connectivity index (χ2n) is 8.10. The van der Waals surface area contributed by atoms with Crippen molar-refractivity contribution in [1.82, 2.24) is 19.6 Å². The van der Waals surface area contributed by atoms with Crippen LogP contribution in [0, 0.1) is 17.8 Å². The third kappa shape index (κ3) is 4.61. The predicted octanol–water partition coefficient (Wildman–Crippen LogP) is 3.16. The number of rotatable bonds is 7. The number of ether oxygens (including phenoxy) is 1. The number of fused-ring (bicyclic) bond motifs is 1. The first-order valence-corrected chi connectivity index (χ1v) is 10.1. The fourth-order valence-electron chi connectivity index (χ4n) is 4.49. The van der Waals surface area contributed by atoms with Crippen LogP contribution in [0.4, 0.5) is 13.2 Å². The van der Waals surface area contributed by atoms with E-state index in [0.29, 0.717) is 35.6 Å². The van der Waals surface area contributed by atoms with Gasteiger partial charge in [0.15, 0.2) is 0 Å². The van der Waals surface area contributed by atoms with E-state index in [1.807, 2.05) is 0 Å². The van der Waals surface area contributed by atoms with Gasteiger partial charge < -0.3 is 14.5 Å². The van der Waals surface area contributed by atoms with Gasteiger partial charge in [-0.15, -0.1) is 13.2 Å². The number of hydrogen-bond acceptors (Lipinski definition) is 4. The van der Waals surface area contributed by atoms with Gasteiger partial charge in [0.1, 0.15) is 11.4 Å². The predicted molar refractivity (Wildman–Crippen MR) is 104 cm³/mol. The largest absolute Gasteiger partial charge is 0.573 e. The Morgan fingerprint density at radius 1 is 1.27 bits per heavy atom. The lowest BCUT2D eigenvalue weighted by molar-refractivity contribution is -0.274. The Labute approximate surface area is 173 Å². The number of halogens is 3. The molecule has 162 valence electrons. The number of carbonyl (C=O) groups excluding carboxylic acids is 1. The third-order valence-electron chi connectivity index (χ3n) is 6.05. The Balaban J connectivity index is 1.49. The van der Waals surface area contributed by atoms with Crippen LogP contribution < -0.4 is 4.74 Å². The maximum Gasteiger partial charge on any atom is 0.573 e. The number of aryl methyl sites for hydroxylation is 1. The molecule has 1 saturated carbocycles. The van der Waals surface area contributed by atoms with Gasteiger partial charge in [0.25, 0.3) is 5.91 Å². The van der Waals surface area contributed by atoms with Gasteiger partial charge in [-0.2, -0.15) is 5.10 Å². The maximum atomic E-state index is 13.1. The van der Waals surface area contributed by atoms with Crippen LogP contribution in [0.25, 0.3) is 0 Å². The molecule has 1 amide bonds. The van der Waals surface area contributed by atoms with Crippen molar-refractivity contribution in [3.8, 4) is 5.75 Å². The topological polar surface area (TPSA) is 50.6 Å². The minimum Gasteiger partial charge on any atom is -0.406 e. The van der Waals surface area contributed by atoms with Crippen LogP contribution in [0.2, 0.25) is 0 Å². The highest BCUT2D eigenvalue weighted by molar-refractivity contribution is 5.92. The van der Waals surface area contributed by atoms with Crippen molar-refractivity contribution in [3.05, 3.63) is 47.8 Å². The smallest absolute Gasteiger partial charge is 0.406 e. The van der Waals surface area contributed by atoms with Gasteiger partial charge in [-0.25, -0.2) is 0 Å². The summed E-state index contributed by atoms with van der Waals surface area (Å²) in [7, 11) is 1.74. The summed E-state index contributed by atoms with van der Waals surface area (Å²) in [6.07, 6.45) is -3.05. The van der Waals surface area contributed by atoms with Crippen molar-refractivity contribution >= 4 is 5.91 Å². The third-order valence-corrected chi connectivity index (χ3v) is 6.05. The van der Waals surface area contributed by atoms with Gasteiger partial charge in [-0.3, -0.25) is 9.48 Å². The first kappa shape index (κ1) is 20.7. The molecule has 1 aromatic heterocycles. The number of amides is 1. The molecule has 2 atom stereocenters. The monoisotopic (exact) mass is 422 g/mol. The average molecular weight is 422 g/mol. The van der Waals surface area contributed by atoms with Crippen molar-refractivity contribution in [3.63, 3.8) is 0 Å². The number of nitrogens with zero attached hydrogens (tertiary/aromatic N) is 4. The second kappa shape index (κ2) is 7.94. The highest BCUT2D eigenvalue weighted by Gasteiger charge is 2.55. The lowest BCUT2D eigenvalue weighted by Crippen LogP contribution is -2.35. The molecule has 6 nitrogen and oxygen atoms in total. The number of benzene rings is 1. The summed E-state index contributed by atoms with van der Waals surface area (Å²) in [6.45, 7) is 6.05. The molecular weight excluding hydrogens is 397 g/mol. The summed E-state index contributed by atoms with van der Waals surface area (Å²) >= 11 is 0. The van der Waals surface area contributed by atoms with Crippen molar-refractivity contribution in [2.45, 2.75) is 19.8 Å². The molecule has 1 aliphatic heterocycles. The number of alkyl halides is 3. The van der Waals surface area contributed by atoms with Crippen molar-refractivity contribution < 1.29 is 22.7 Å². The first-order valence-electron chi connectivity index (χ1n) is 10.1. The molecule has 4 rings (SSSR count). The highest BCUT2D eigenvalue weighted by atomic mass is 19.4. The summed E-state index contributed by atoms with van der Waals surface area (Å²) in [5.74, 6) is 1.10. The molecule has 0 spiro atoms. The van der Waals surface area contributed by atoms with E-state index in [9.17, 15) is 18.0 Å². The standard InChI is InChI=1S/C21H25F3N4O2/c1-3-27-11-16-17(12-27)18(16)13-28(20(29)19-7-8-26(2)25-19)10-14-5-4-6-15(9-14)30-21(22,23)24/h4-9,16-18H,3,10-13H2,1-2H3. The van der Waals surface area contributed by atoms with Crippen LogP contribution in [0.15, 0.2) is 36.5 Å². The average Bonchev–Trinajstić information content (AvgIpc) is 3.03. The molecule has 9 heteroatoms. The normalized spacial score (nSPS) is 23.3. The molecule has 2 aromatic rings. The first-order chi connectivity index (χ1) is 14.2. The zero-order chi connectivity index (χ0) is 21.5. The zero-order valence-corrected chi connectivity index (χ0v) is 17.0. The number of aromatic nitrogens is 2. The van der Waals surface area contributed by atoms with Crippen molar-refractivity contribution in [2.24, 2.45) is 24.8 Å². The summed E-state index contributed by atoms with van der Waals surface area (Å²) in [5, 5.41) is 4.21. The zero-order valence-electron chi connectivity index (χ0n) is 17.0. The van der Waals surface area contributed by atoms with Crippen LogP contribution in [-0.2, 0) is 13.6 Å². The van der Waals surface area contributed by atoms with Gasteiger partial charge >= 0.3 is 6.36 Å². The van der Waals surface area contributed by atoms with Crippen LogP contribution in [-0.4, -0.2) is 58.0 Å². The van der Waals surface area contributed by atoms with E-state index in [1.165, 1.54) is 18.2 Å². The fourth-order valence-corrected chi connectivity index (χ4v) is 4.49. The SMILES string of the molecule is CCN1CC2C(C1)C2CN(Cc1cccc(OC(F)(F)F)c1)C(=O)c1ccn(C)n1. The minimum absolute atomic E-state index is 0.206. The van der Waals surface area contributed by atoms with Crippen LogP contribution in [0.5, 0.6) is 5.75 Å².